The van der Waals surface area contributed by atoms with Gasteiger partial charge in [0.25, 0.3) is 5.91 Å². The largest absolute Gasteiger partial charge is 0.301 e. The third-order valence-corrected chi connectivity index (χ3v) is 4.87. The fraction of sp³-hybridized carbons (Fsp3) is 0.409. The highest BCUT2D eigenvalue weighted by Crippen LogP contribution is 2.13. The second kappa shape index (κ2) is 11.5. The molecule has 2 rings (SSSR count). The zero-order chi connectivity index (χ0) is 19.5. The number of rotatable bonds is 8. The van der Waals surface area contributed by atoms with Crippen LogP contribution in [0.1, 0.15) is 60.6 Å². The van der Waals surface area contributed by atoms with Gasteiger partial charge in [-0.1, -0.05) is 62.6 Å². The minimum atomic E-state index is -0.148. The highest BCUT2D eigenvalue weighted by atomic mass is 32.2. The first-order chi connectivity index (χ1) is 13.1. The van der Waals surface area contributed by atoms with E-state index in [1.165, 1.54) is 49.4 Å². The molecule has 0 saturated carbocycles. The minimum Gasteiger partial charge on any atom is -0.301 e. The number of amidine groups is 1. The van der Waals surface area contributed by atoms with Crippen molar-refractivity contribution in [3.8, 4) is 0 Å². The Morgan fingerprint density at radius 3 is 2.48 bits per heavy atom. The summed E-state index contributed by atoms with van der Waals surface area (Å²) in [7, 11) is 0. The second-order valence-corrected chi connectivity index (χ2v) is 7.37. The van der Waals surface area contributed by atoms with Crippen LogP contribution in [0.25, 0.3) is 0 Å². The molecule has 144 valence electrons. The van der Waals surface area contributed by atoms with Gasteiger partial charge in [-0.25, -0.2) is 9.98 Å². The highest BCUT2D eigenvalue weighted by molar-refractivity contribution is 8.13. The fourth-order valence-corrected chi connectivity index (χ4v) is 3.12. The van der Waals surface area contributed by atoms with E-state index in [0.29, 0.717) is 16.5 Å². The Bertz CT molecular complexity index is 756. The number of amides is 1. The molecule has 0 aliphatic carbocycles. The number of carbonyl (C=O) groups is 1. The first-order valence-electron chi connectivity index (χ1n) is 9.59. The first-order valence-corrected chi connectivity index (χ1v) is 10.8. The lowest BCUT2D eigenvalue weighted by Gasteiger charge is -2.07. The topological polar surface area (TPSA) is 54.4 Å². The summed E-state index contributed by atoms with van der Waals surface area (Å²) in [6, 6.07) is 13.5. The molecule has 0 saturated heterocycles. The number of carbonyl (C=O) groups excluding carboxylic acids is 1. The molecule has 0 fully saturated rings. The number of aryl methyl sites for hydroxylation is 2. The van der Waals surface area contributed by atoms with Crippen LogP contribution in [0.3, 0.4) is 0 Å². The molecule has 0 spiro atoms. The molecule has 0 aliphatic rings. The average molecular weight is 384 g/mol. The van der Waals surface area contributed by atoms with Crippen molar-refractivity contribution in [1.82, 2.24) is 10.3 Å². The summed E-state index contributed by atoms with van der Waals surface area (Å²) in [5, 5.41) is 3.41. The van der Waals surface area contributed by atoms with Gasteiger partial charge in [0.15, 0.2) is 11.0 Å². The number of nitrogens with one attached hydrogen (secondary N) is 1. The van der Waals surface area contributed by atoms with Crippen LogP contribution in [-0.2, 0) is 6.42 Å². The lowest BCUT2D eigenvalue weighted by atomic mass is 10.0. The Labute approximate surface area is 166 Å². The van der Waals surface area contributed by atoms with Crippen molar-refractivity contribution in [2.75, 3.05) is 6.26 Å². The van der Waals surface area contributed by atoms with Crippen LogP contribution in [0.2, 0.25) is 0 Å². The molecule has 1 N–H and O–H groups in total. The van der Waals surface area contributed by atoms with Crippen LogP contribution in [0, 0.1) is 6.92 Å². The van der Waals surface area contributed by atoms with Crippen molar-refractivity contribution in [3.05, 3.63) is 59.3 Å². The van der Waals surface area contributed by atoms with Gasteiger partial charge in [0.1, 0.15) is 0 Å². The molecule has 27 heavy (non-hydrogen) atoms. The molecule has 2 aromatic rings. The van der Waals surface area contributed by atoms with E-state index in [1.807, 2.05) is 55.6 Å². The smallest absolute Gasteiger partial charge is 0.257 e. The zero-order valence-electron chi connectivity index (χ0n) is 16.5. The Kier molecular flexibility index (Phi) is 9.05. The Balaban J connectivity index is 1.92. The van der Waals surface area contributed by atoms with E-state index in [9.17, 15) is 4.79 Å². The maximum Gasteiger partial charge on any atom is 0.257 e. The van der Waals surface area contributed by atoms with Crippen molar-refractivity contribution in [3.63, 3.8) is 0 Å². The standard InChI is InChI=1S/C22H29N3OS/c1-4-5-6-7-8-11-18-13-15-19(16-14-18)21(26)25-22(27-3)24-20-12-9-10-17(2)23-20/h9-10,12-16H,4-8,11H2,1-3H3,(H,23,24,25,26). The molecule has 0 atom stereocenters. The SMILES string of the molecule is CCCCCCCc1ccc(C(=O)N/C(=N/c2cccc(C)n2)SC)cc1. The van der Waals surface area contributed by atoms with Crippen LogP contribution >= 0.6 is 11.8 Å². The van der Waals surface area contributed by atoms with E-state index in [0.717, 1.165) is 12.1 Å². The Hall–Kier alpha value is -2.14. The minimum absolute atomic E-state index is 0.148. The molecule has 1 aromatic heterocycles. The van der Waals surface area contributed by atoms with Gasteiger partial charge < -0.3 is 5.32 Å². The number of aromatic nitrogens is 1. The molecule has 0 radical (unpaired) electrons. The number of aliphatic imine (C=N–C) groups is 1. The maximum absolute atomic E-state index is 12.5. The third-order valence-electron chi connectivity index (χ3n) is 4.29. The number of unbranched alkanes of at least 4 members (excludes halogenated alkanes) is 4. The fourth-order valence-electron chi connectivity index (χ4n) is 2.74. The normalized spacial score (nSPS) is 11.4. The molecule has 1 heterocycles. The van der Waals surface area contributed by atoms with Gasteiger partial charge in [-0.2, -0.15) is 0 Å². The summed E-state index contributed by atoms with van der Waals surface area (Å²) in [5.41, 5.74) is 2.82. The van der Waals surface area contributed by atoms with E-state index >= 15 is 0 Å². The quantitative estimate of drug-likeness (QED) is 0.362. The number of nitrogens with zero attached hydrogens (tertiary/aromatic N) is 2. The van der Waals surface area contributed by atoms with E-state index in [2.05, 4.69) is 22.2 Å². The van der Waals surface area contributed by atoms with Crippen LogP contribution in [0.5, 0.6) is 0 Å². The lowest BCUT2D eigenvalue weighted by molar-refractivity contribution is 0.0978. The summed E-state index contributed by atoms with van der Waals surface area (Å²) in [5.74, 6) is 0.448. The number of pyridine rings is 1. The number of thioether (sulfide) groups is 1. The molecule has 1 aromatic carbocycles. The average Bonchev–Trinajstić information content (AvgIpc) is 2.67. The first kappa shape index (κ1) is 21.2. The van der Waals surface area contributed by atoms with Crippen LogP contribution < -0.4 is 5.32 Å². The number of hydrogen-bond donors (Lipinski definition) is 1. The summed E-state index contributed by atoms with van der Waals surface area (Å²) in [6.07, 6.45) is 9.33. The predicted molar refractivity (Wildman–Crippen MR) is 116 cm³/mol. The van der Waals surface area contributed by atoms with E-state index in [1.54, 1.807) is 0 Å². The monoisotopic (exact) mass is 383 g/mol. The van der Waals surface area contributed by atoms with E-state index in [4.69, 9.17) is 0 Å². The molecule has 0 aliphatic heterocycles. The summed E-state index contributed by atoms with van der Waals surface area (Å²) in [4.78, 5) is 21.3. The van der Waals surface area contributed by atoms with Crippen molar-refractivity contribution >= 4 is 28.7 Å². The van der Waals surface area contributed by atoms with Gasteiger partial charge in [-0.15, -0.1) is 0 Å². The highest BCUT2D eigenvalue weighted by Gasteiger charge is 2.09. The number of hydrogen-bond acceptors (Lipinski definition) is 4. The predicted octanol–water partition coefficient (Wildman–Crippen LogP) is 5.68. The lowest BCUT2D eigenvalue weighted by Crippen LogP contribution is -2.28. The van der Waals surface area contributed by atoms with Crippen molar-refractivity contribution in [2.24, 2.45) is 4.99 Å². The molecule has 0 bridgehead atoms. The summed E-state index contributed by atoms with van der Waals surface area (Å²) < 4.78 is 0. The zero-order valence-corrected chi connectivity index (χ0v) is 17.3. The molecular formula is C22H29N3OS. The van der Waals surface area contributed by atoms with Crippen molar-refractivity contribution in [1.29, 1.82) is 0 Å². The van der Waals surface area contributed by atoms with Crippen LogP contribution in [-0.4, -0.2) is 22.3 Å². The second-order valence-electron chi connectivity index (χ2n) is 6.57. The molecule has 4 nitrogen and oxygen atoms in total. The van der Waals surface area contributed by atoms with Gasteiger partial charge in [-0.05, 0) is 55.9 Å². The van der Waals surface area contributed by atoms with Gasteiger partial charge in [0, 0.05) is 11.3 Å². The molecular weight excluding hydrogens is 354 g/mol. The van der Waals surface area contributed by atoms with Crippen LogP contribution in [0.4, 0.5) is 5.82 Å². The van der Waals surface area contributed by atoms with Gasteiger partial charge in [0.05, 0.1) is 0 Å². The number of benzene rings is 1. The van der Waals surface area contributed by atoms with Gasteiger partial charge in [-0.3, -0.25) is 4.79 Å². The van der Waals surface area contributed by atoms with Crippen molar-refractivity contribution in [2.45, 2.75) is 52.4 Å². The van der Waals surface area contributed by atoms with E-state index < -0.39 is 0 Å². The summed E-state index contributed by atoms with van der Waals surface area (Å²) in [6.45, 7) is 4.15. The molecule has 5 heteroatoms. The Morgan fingerprint density at radius 1 is 1.07 bits per heavy atom. The van der Waals surface area contributed by atoms with Gasteiger partial charge in [0.2, 0.25) is 0 Å². The third kappa shape index (κ3) is 7.55. The molecule has 1 amide bonds. The molecule has 0 unspecified atom stereocenters. The van der Waals surface area contributed by atoms with Gasteiger partial charge >= 0.3 is 0 Å². The van der Waals surface area contributed by atoms with E-state index in [-0.39, 0.29) is 5.91 Å². The Morgan fingerprint density at radius 2 is 1.81 bits per heavy atom. The summed E-state index contributed by atoms with van der Waals surface area (Å²) >= 11 is 1.39. The van der Waals surface area contributed by atoms with Crippen LogP contribution in [0.15, 0.2) is 47.5 Å². The maximum atomic E-state index is 12.5. The van der Waals surface area contributed by atoms with Crippen molar-refractivity contribution < 1.29 is 4.79 Å².